The summed E-state index contributed by atoms with van der Waals surface area (Å²) >= 11 is 1.61. The molecule has 0 saturated heterocycles. The molecule has 0 bridgehead atoms. The van der Waals surface area contributed by atoms with E-state index < -0.39 is 0 Å². The van der Waals surface area contributed by atoms with Gasteiger partial charge in [0.25, 0.3) is 0 Å². The van der Waals surface area contributed by atoms with E-state index in [0.29, 0.717) is 6.04 Å². The van der Waals surface area contributed by atoms with Gasteiger partial charge >= 0.3 is 0 Å². The van der Waals surface area contributed by atoms with Crippen molar-refractivity contribution in [2.75, 3.05) is 0 Å². The molecule has 0 unspecified atom stereocenters. The summed E-state index contributed by atoms with van der Waals surface area (Å²) in [6.07, 6.45) is 0. The standard InChI is InChI=1S/C8H12S/c1-8(2,3)7-4-5-9-6-7/h4-6H,1-3H3/i4D. The number of hydrogen-bond donors (Lipinski definition) is 0. The van der Waals surface area contributed by atoms with Gasteiger partial charge in [0.1, 0.15) is 0 Å². The van der Waals surface area contributed by atoms with Crippen LogP contribution in [0.4, 0.5) is 0 Å². The van der Waals surface area contributed by atoms with Gasteiger partial charge in [-0.3, -0.25) is 0 Å². The zero-order valence-corrected chi connectivity index (χ0v) is 6.88. The molecule has 0 fully saturated rings. The lowest BCUT2D eigenvalue weighted by Crippen LogP contribution is -2.08. The SMILES string of the molecule is [2H]c1cscc1C(C)(C)C. The van der Waals surface area contributed by atoms with Gasteiger partial charge in [-0.15, -0.1) is 0 Å². The van der Waals surface area contributed by atoms with Crippen LogP contribution in [0.15, 0.2) is 16.8 Å². The van der Waals surface area contributed by atoms with Crippen LogP contribution >= 0.6 is 11.3 Å². The van der Waals surface area contributed by atoms with Crippen molar-refractivity contribution in [2.24, 2.45) is 0 Å². The maximum atomic E-state index is 7.52. The van der Waals surface area contributed by atoms with E-state index in [-0.39, 0.29) is 5.41 Å². The molecule has 0 nitrogen and oxygen atoms in total. The van der Waals surface area contributed by atoms with E-state index in [2.05, 4.69) is 26.2 Å². The summed E-state index contributed by atoms with van der Waals surface area (Å²) in [6.45, 7) is 6.40. The highest BCUT2D eigenvalue weighted by molar-refractivity contribution is 7.08. The van der Waals surface area contributed by atoms with Crippen LogP contribution < -0.4 is 0 Å². The van der Waals surface area contributed by atoms with Crippen molar-refractivity contribution in [3.63, 3.8) is 0 Å². The summed E-state index contributed by atoms with van der Waals surface area (Å²) in [5.41, 5.74) is 1.29. The Hall–Kier alpha value is -0.300. The molecule has 50 valence electrons. The molecule has 0 atom stereocenters. The molecule has 0 N–H and O–H groups in total. The Labute approximate surface area is 61.9 Å². The largest absolute Gasteiger partial charge is 0.152 e. The fourth-order valence-corrected chi connectivity index (χ4v) is 1.45. The normalized spacial score (nSPS) is 13.4. The second-order valence-electron chi connectivity index (χ2n) is 3.18. The van der Waals surface area contributed by atoms with E-state index in [1.807, 2.05) is 5.38 Å². The van der Waals surface area contributed by atoms with Crippen LogP contribution in [0.25, 0.3) is 0 Å². The van der Waals surface area contributed by atoms with Crippen molar-refractivity contribution in [2.45, 2.75) is 26.2 Å². The number of rotatable bonds is 0. The zero-order chi connectivity index (χ0) is 7.78. The fourth-order valence-electron chi connectivity index (χ4n) is 0.627. The van der Waals surface area contributed by atoms with Crippen molar-refractivity contribution in [1.82, 2.24) is 0 Å². The van der Waals surface area contributed by atoms with Gasteiger partial charge in [0.15, 0.2) is 0 Å². The van der Waals surface area contributed by atoms with E-state index >= 15 is 0 Å². The third-order valence-corrected chi connectivity index (χ3v) is 1.90. The van der Waals surface area contributed by atoms with Crippen molar-refractivity contribution in [1.29, 1.82) is 0 Å². The van der Waals surface area contributed by atoms with Crippen LogP contribution in [0.2, 0.25) is 0 Å². The van der Waals surface area contributed by atoms with Gasteiger partial charge in [-0.25, -0.2) is 0 Å². The summed E-state index contributed by atoms with van der Waals surface area (Å²) in [4.78, 5) is 0. The highest BCUT2D eigenvalue weighted by Gasteiger charge is 2.12. The molecule has 0 aliphatic carbocycles. The second-order valence-corrected chi connectivity index (χ2v) is 3.92. The quantitative estimate of drug-likeness (QED) is 0.521. The second kappa shape index (κ2) is 2.14. The molecular weight excluding hydrogens is 128 g/mol. The smallest absolute Gasteiger partial charge is 0.0635 e. The van der Waals surface area contributed by atoms with E-state index in [1.54, 1.807) is 11.3 Å². The average molecular weight is 141 g/mol. The summed E-state index contributed by atoms with van der Waals surface area (Å²) in [6, 6.07) is 0.678. The first-order valence-corrected chi connectivity index (χ1v) is 3.99. The van der Waals surface area contributed by atoms with E-state index in [1.165, 1.54) is 0 Å². The minimum absolute atomic E-state index is 0.136. The highest BCUT2D eigenvalue weighted by atomic mass is 32.1. The Morgan fingerprint density at radius 3 is 2.44 bits per heavy atom. The Morgan fingerprint density at radius 1 is 1.56 bits per heavy atom. The van der Waals surface area contributed by atoms with Crippen molar-refractivity contribution < 1.29 is 1.37 Å². The van der Waals surface area contributed by atoms with Gasteiger partial charge in [-0.05, 0) is 27.8 Å². The minimum atomic E-state index is 0.136. The lowest BCUT2D eigenvalue weighted by atomic mass is 9.90. The molecule has 1 aromatic heterocycles. The van der Waals surface area contributed by atoms with Crippen LogP contribution in [-0.2, 0) is 5.41 Å². The van der Waals surface area contributed by atoms with E-state index in [0.717, 1.165) is 5.56 Å². The Kier molecular flexibility index (Phi) is 1.31. The number of hydrogen-bond acceptors (Lipinski definition) is 1. The van der Waals surface area contributed by atoms with Crippen LogP contribution in [0.1, 0.15) is 27.7 Å². The lowest BCUT2D eigenvalue weighted by Gasteiger charge is -2.15. The summed E-state index contributed by atoms with van der Waals surface area (Å²) in [5.74, 6) is 0. The first-order valence-electron chi connectivity index (χ1n) is 3.55. The first kappa shape index (κ1) is 5.48. The Balaban J connectivity index is 3.05. The topological polar surface area (TPSA) is 0 Å². The van der Waals surface area contributed by atoms with Gasteiger partial charge in [-0.1, -0.05) is 20.8 Å². The van der Waals surface area contributed by atoms with E-state index in [9.17, 15) is 0 Å². The van der Waals surface area contributed by atoms with Gasteiger partial charge < -0.3 is 0 Å². The van der Waals surface area contributed by atoms with Gasteiger partial charge in [0.2, 0.25) is 0 Å². The Morgan fingerprint density at radius 2 is 2.22 bits per heavy atom. The van der Waals surface area contributed by atoms with Gasteiger partial charge in [0, 0.05) is 0 Å². The third-order valence-electron chi connectivity index (χ3n) is 1.28. The molecule has 0 aliphatic heterocycles. The average Bonchev–Trinajstić information content (AvgIpc) is 2.11. The molecule has 0 saturated carbocycles. The van der Waals surface area contributed by atoms with Crippen molar-refractivity contribution >= 4 is 11.3 Å². The number of thiophene rings is 1. The molecule has 1 aromatic rings. The molecule has 0 amide bonds. The Bertz CT molecular complexity index is 219. The molecule has 1 heterocycles. The van der Waals surface area contributed by atoms with E-state index in [4.69, 9.17) is 1.37 Å². The predicted octanol–water partition coefficient (Wildman–Crippen LogP) is 3.05. The van der Waals surface area contributed by atoms with Gasteiger partial charge in [-0.2, -0.15) is 11.3 Å². The van der Waals surface area contributed by atoms with Crippen LogP contribution in [-0.4, -0.2) is 0 Å². The summed E-state index contributed by atoms with van der Waals surface area (Å²) in [5, 5.41) is 3.93. The minimum Gasteiger partial charge on any atom is -0.152 e. The van der Waals surface area contributed by atoms with Crippen LogP contribution in [0, 0.1) is 0 Å². The molecule has 0 radical (unpaired) electrons. The highest BCUT2D eigenvalue weighted by Crippen LogP contribution is 2.23. The van der Waals surface area contributed by atoms with Crippen molar-refractivity contribution in [3.05, 3.63) is 22.4 Å². The monoisotopic (exact) mass is 141 g/mol. The zero-order valence-electron chi connectivity index (χ0n) is 7.06. The first-order chi connectivity index (χ1) is 4.52. The predicted molar refractivity (Wildman–Crippen MR) is 43.0 cm³/mol. The molecule has 9 heavy (non-hydrogen) atoms. The summed E-state index contributed by atoms with van der Waals surface area (Å²) < 4.78 is 7.52. The fraction of sp³-hybridized carbons (Fsp3) is 0.500. The third kappa shape index (κ3) is 1.55. The van der Waals surface area contributed by atoms with Crippen LogP contribution in [0.5, 0.6) is 0 Å². The molecule has 0 aromatic carbocycles. The maximum absolute atomic E-state index is 7.52. The molecule has 0 spiro atoms. The van der Waals surface area contributed by atoms with Crippen molar-refractivity contribution in [3.8, 4) is 0 Å². The summed E-state index contributed by atoms with van der Waals surface area (Å²) in [7, 11) is 0. The maximum Gasteiger partial charge on any atom is 0.0635 e. The molecular formula is C8H12S. The van der Waals surface area contributed by atoms with Crippen LogP contribution in [0.3, 0.4) is 0 Å². The molecule has 1 heteroatoms. The molecule has 1 rings (SSSR count). The lowest BCUT2D eigenvalue weighted by molar-refractivity contribution is 0.593. The molecule has 0 aliphatic rings. The van der Waals surface area contributed by atoms with Gasteiger partial charge in [0.05, 0.1) is 1.37 Å².